The van der Waals surface area contributed by atoms with Crippen molar-refractivity contribution in [1.82, 2.24) is 0 Å². The van der Waals surface area contributed by atoms with Gasteiger partial charge >= 0.3 is 5.97 Å². The Morgan fingerprint density at radius 1 is 1.03 bits per heavy atom. The quantitative estimate of drug-likeness (QED) is 0.373. The molecule has 2 aromatic rings. The molecule has 0 saturated carbocycles. The number of methoxy groups -OCH3 is 1. The minimum Gasteiger partial charge on any atom is -0.504 e. The van der Waals surface area contributed by atoms with Gasteiger partial charge in [-0.05, 0) is 35.9 Å². The molecule has 0 aliphatic carbocycles. The van der Waals surface area contributed by atoms with Gasteiger partial charge in [-0.1, -0.05) is 12.1 Å². The first kappa shape index (κ1) is 22.8. The van der Waals surface area contributed by atoms with Crippen molar-refractivity contribution in [2.45, 2.75) is 37.3 Å². The second-order valence-corrected chi connectivity index (χ2v) is 6.92. The van der Waals surface area contributed by atoms with E-state index < -0.39 is 43.3 Å². The number of carbonyl (C=O) groups is 1. The highest BCUT2D eigenvalue weighted by molar-refractivity contribution is 5.90. The number of aliphatic hydroxyl groups is 4. The Hall–Kier alpha value is -2.89. The molecule has 1 aliphatic rings. The Bertz CT molecular complexity index is 882. The zero-order chi connectivity index (χ0) is 22.5. The average Bonchev–Trinajstić information content (AvgIpc) is 2.78. The molecule has 10 heteroatoms. The maximum absolute atomic E-state index is 12.1. The van der Waals surface area contributed by atoms with Gasteiger partial charge in [-0.25, -0.2) is 4.79 Å². The van der Waals surface area contributed by atoms with Gasteiger partial charge in [0, 0.05) is 0 Å². The Morgan fingerprint density at radius 3 is 2.35 bits per heavy atom. The van der Waals surface area contributed by atoms with Gasteiger partial charge in [0.25, 0.3) is 0 Å². The fraction of sp³-hybridized carbons (Fsp3) is 0.381. The summed E-state index contributed by atoms with van der Waals surface area (Å²) in [7, 11) is 1.40. The van der Waals surface area contributed by atoms with Gasteiger partial charge in [0.05, 0.1) is 19.3 Å². The first-order valence-electron chi connectivity index (χ1n) is 9.44. The van der Waals surface area contributed by atoms with Crippen LogP contribution in [0.3, 0.4) is 0 Å². The number of rotatable bonds is 7. The van der Waals surface area contributed by atoms with E-state index in [-0.39, 0.29) is 23.7 Å². The molecule has 0 spiro atoms. The van der Waals surface area contributed by atoms with Crippen LogP contribution in [0.25, 0.3) is 0 Å². The van der Waals surface area contributed by atoms with Gasteiger partial charge in [0.15, 0.2) is 11.5 Å². The van der Waals surface area contributed by atoms with E-state index in [4.69, 9.17) is 18.9 Å². The van der Waals surface area contributed by atoms with Gasteiger partial charge in [-0.3, -0.25) is 0 Å². The van der Waals surface area contributed by atoms with E-state index in [0.29, 0.717) is 11.3 Å². The second kappa shape index (κ2) is 9.94. The molecule has 0 radical (unpaired) electrons. The summed E-state index contributed by atoms with van der Waals surface area (Å²) in [5.74, 6) is -0.266. The van der Waals surface area contributed by atoms with Crippen LogP contribution in [0.4, 0.5) is 0 Å². The lowest BCUT2D eigenvalue weighted by Crippen LogP contribution is -2.60. The largest absolute Gasteiger partial charge is 0.504 e. The van der Waals surface area contributed by atoms with Crippen LogP contribution in [0.15, 0.2) is 42.5 Å². The summed E-state index contributed by atoms with van der Waals surface area (Å²) in [6.45, 7) is -0.590. The minimum absolute atomic E-state index is 0.0358. The molecule has 0 unspecified atom stereocenters. The number of aromatic hydroxyl groups is 1. The number of hydrogen-bond acceptors (Lipinski definition) is 10. The average molecular weight is 436 g/mol. The summed E-state index contributed by atoms with van der Waals surface area (Å²) in [6.07, 6.45) is -6.88. The van der Waals surface area contributed by atoms with Gasteiger partial charge in [-0.15, -0.1) is 0 Å². The summed E-state index contributed by atoms with van der Waals surface area (Å²) in [5, 5.41) is 48.6. The van der Waals surface area contributed by atoms with Crippen LogP contribution >= 0.6 is 0 Å². The minimum atomic E-state index is -1.54. The Labute approximate surface area is 177 Å². The number of esters is 1. The molecule has 1 aliphatic heterocycles. The van der Waals surface area contributed by atoms with Crippen molar-refractivity contribution in [2.24, 2.45) is 0 Å². The number of carbonyl (C=O) groups excluding carboxylic acids is 1. The van der Waals surface area contributed by atoms with E-state index in [2.05, 4.69) is 0 Å². The highest BCUT2D eigenvalue weighted by Gasteiger charge is 2.44. The maximum atomic E-state index is 12.1. The van der Waals surface area contributed by atoms with Crippen LogP contribution in [0.5, 0.6) is 17.2 Å². The van der Waals surface area contributed by atoms with Crippen LogP contribution in [-0.2, 0) is 16.1 Å². The molecule has 2 aromatic carbocycles. The van der Waals surface area contributed by atoms with Crippen LogP contribution in [0.2, 0.25) is 0 Å². The third-order valence-electron chi connectivity index (χ3n) is 4.81. The van der Waals surface area contributed by atoms with Crippen LogP contribution < -0.4 is 9.47 Å². The van der Waals surface area contributed by atoms with Crippen molar-refractivity contribution in [1.29, 1.82) is 0 Å². The number of hydrogen-bond donors (Lipinski definition) is 5. The Kier molecular flexibility index (Phi) is 7.31. The van der Waals surface area contributed by atoms with Crippen molar-refractivity contribution >= 4 is 5.97 Å². The van der Waals surface area contributed by atoms with Crippen molar-refractivity contribution < 1.29 is 49.3 Å². The predicted octanol–water partition coefficient (Wildman–Crippen LogP) is -0.0635. The molecule has 5 N–H and O–H groups in total. The molecule has 1 saturated heterocycles. The maximum Gasteiger partial charge on any atom is 0.338 e. The molecule has 10 nitrogen and oxygen atoms in total. The van der Waals surface area contributed by atoms with Crippen LogP contribution in [0.1, 0.15) is 15.9 Å². The lowest BCUT2D eigenvalue weighted by molar-refractivity contribution is -0.277. The summed E-state index contributed by atoms with van der Waals surface area (Å²) >= 11 is 0. The van der Waals surface area contributed by atoms with Gasteiger partial charge in [0.2, 0.25) is 6.29 Å². The molecule has 0 amide bonds. The lowest BCUT2D eigenvalue weighted by Gasteiger charge is -2.39. The summed E-state index contributed by atoms with van der Waals surface area (Å²) < 4.78 is 20.9. The summed E-state index contributed by atoms with van der Waals surface area (Å²) in [6, 6.07) is 10.5. The zero-order valence-corrected chi connectivity index (χ0v) is 16.6. The monoisotopic (exact) mass is 436 g/mol. The highest BCUT2D eigenvalue weighted by atomic mass is 16.7. The van der Waals surface area contributed by atoms with Crippen LogP contribution in [-0.4, -0.2) is 75.9 Å². The topological polar surface area (TPSA) is 155 Å². The highest BCUT2D eigenvalue weighted by Crippen LogP contribution is 2.27. The predicted molar refractivity (Wildman–Crippen MR) is 105 cm³/mol. The van der Waals surface area contributed by atoms with E-state index in [1.807, 2.05) is 0 Å². The molecular weight excluding hydrogens is 412 g/mol. The van der Waals surface area contributed by atoms with Crippen LogP contribution in [0, 0.1) is 0 Å². The molecule has 1 heterocycles. The Balaban J connectivity index is 1.56. The number of aliphatic hydroxyl groups excluding tert-OH is 4. The van der Waals surface area contributed by atoms with E-state index in [9.17, 15) is 30.3 Å². The van der Waals surface area contributed by atoms with Gasteiger partial charge in [0.1, 0.15) is 36.8 Å². The molecule has 168 valence electrons. The van der Waals surface area contributed by atoms with Crippen molar-refractivity contribution in [3.05, 3.63) is 53.6 Å². The molecule has 0 bridgehead atoms. The van der Waals surface area contributed by atoms with E-state index in [0.717, 1.165) is 0 Å². The lowest BCUT2D eigenvalue weighted by atomic mass is 9.99. The standard InChI is InChI=1S/C21H24O10/c1-28-15-7-4-12(8-14(15)23)20(27)29-10-11-2-5-13(6-3-11)30-21-19(26)18(25)17(24)16(9-22)31-21/h2-8,16-19,21-26H,9-10H2,1H3/t16-,17-,18+,19-,21-/m1/s1. The number of phenols is 1. The molecule has 1 fully saturated rings. The van der Waals surface area contributed by atoms with Gasteiger partial charge in [-0.2, -0.15) is 0 Å². The fourth-order valence-electron chi connectivity index (χ4n) is 3.01. The molecule has 31 heavy (non-hydrogen) atoms. The van der Waals surface area contributed by atoms with E-state index in [1.54, 1.807) is 24.3 Å². The normalized spacial score (nSPS) is 25.6. The van der Waals surface area contributed by atoms with E-state index >= 15 is 0 Å². The zero-order valence-electron chi connectivity index (χ0n) is 16.6. The molecular formula is C21H24O10. The molecule has 3 rings (SSSR count). The fourth-order valence-corrected chi connectivity index (χ4v) is 3.01. The third-order valence-corrected chi connectivity index (χ3v) is 4.81. The Morgan fingerprint density at radius 2 is 1.74 bits per heavy atom. The van der Waals surface area contributed by atoms with E-state index in [1.165, 1.54) is 25.3 Å². The van der Waals surface area contributed by atoms with Crippen molar-refractivity contribution in [2.75, 3.05) is 13.7 Å². The molecule has 0 aromatic heterocycles. The number of ether oxygens (including phenoxy) is 4. The summed E-state index contributed by atoms with van der Waals surface area (Å²) in [4.78, 5) is 12.1. The summed E-state index contributed by atoms with van der Waals surface area (Å²) in [5.41, 5.74) is 0.813. The van der Waals surface area contributed by atoms with Crippen molar-refractivity contribution in [3.8, 4) is 17.2 Å². The smallest absolute Gasteiger partial charge is 0.338 e. The SMILES string of the molecule is COc1ccc(C(=O)OCc2ccc(O[C@@H]3O[C@H](CO)[C@@H](O)[C@H](O)[C@H]3O)cc2)cc1O. The molecule has 5 atom stereocenters. The second-order valence-electron chi connectivity index (χ2n) is 6.92. The first-order valence-corrected chi connectivity index (χ1v) is 9.44. The number of benzene rings is 2. The first-order chi connectivity index (χ1) is 14.8. The number of phenolic OH excluding ortho intramolecular Hbond substituents is 1. The van der Waals surface area contributed by atoms with Gasteiger partial charge < -0.3 is 44.5 Å². The third kappa shape index (κ3) is 5.24. The van der Waals surface area contributed by atoms with Crippen molar-refractivity contribution in [3.63, 3.8) is 0 Å².